The lowest BCUT2D eigenvalue weighted by Crippen LogP contribution is -2.35. The van der Waals surface area contributed by atoms with Crippen LogP contribution in [-0.4, -0.2) is 12.8 Å². The van der Waals surface area contributed by atoms with E-state index in [1.165, 1.54) is 6.34 Å². The van der Waals surface area contributed by atoms with Gasteiger partial charge in [-0.1, -0.05) is 5.16 Å². The van der Waals surface area contributed by atoms with Crippen molar-refractivity contribution in [3.63, 3.8) is 0 Å². The Labute approximate surface area is 40.0 Å². The molecule has 1 unspecified atom stereocenters. The van der Waals surface area contributed by atoms with Crippen LogP contribution in [0.25, 0.3) is 0 Å². The van der Waals surface area contributed by atoms with Gasteiger partial charge in [0.15, 0.2) is 6.34 Å². The van der Waals surface area contributed by atoms with Crippen LogP contribution in [0.3, 0.4) is 0 Å². The second-order valence-corrected chi connectivity index (χ2v) is 0.944. The van der Waals surface area contributed by atoms with Crippen molar-refractivity contribution < 1.29 is 9.68 Å². The van der Waals surface area contributed by atoms with Crippen LogP contribution in [0.5, 0.6) is 0 Å². The minimum absolute atomic E-state index is 0.773. The first-order valence-corrected chi connectivity index (χ1v) is 1.74. The van der Waals surface area contributed by atoms with Gasteiger partial charge >= 0.3 is 6.41 Å². The van der Waals surface area contributed by atoms with Crippen LogP contribution in [-0.2, 0) is 9.68 Å². The zero-order chi connectivity index (χ0) is 5.11. The number of rotatable bonds is 0. The van der Waals surface area contributed by atoms with E-state index >= 15 is 0 Å². The third-order valence-corrected chi connectivity index (χ3v) is 0.454. The summed E-state index contributed by atoms with van der Waals surface area (Å²) in [6.45, 7) is 0. The molecule has 0 amide bonds. The minimum atomic E-state index is -0.773. The molecule has 5 nitrogen and oxygen atoms in total. The predicted octanol–water partition coefficient (Wildman–Crippen LogP) is -1.28. The van der Waals surface area contributed by atoms with Crippen molar-refractivity contribution >= 4 is 6.34 Å². The highest BCUT2D eigenvalue weighted by Gasteiger charge is 2.02. The molecule has 1 aliphatic heterocycles. The van der Waals surface area contributed by atoms with Gasteiger partial charge in [-0.25, -0.2) is 10.3 Å². The van der Waals surface area contributed by atoms with Crippen molar-refractivity contribution in [2.45, 2.75) is 6.41 Å². The van der Waals surface area contributed by atoms with E-state index < -0.39 is 6.41 Å². The van der Waals surface area contributed by atoms with E-state index in [0.717, 1.165) is 0 Å². The molecule has 1 aliphatic rings. The third-order valence-electron chi connectivity index (χ3n) is 0.454. The summed E-state index contributed by atoms with van der Waals surface area (Å²) >= 11 is 0. The first-order chi connectivity index (χ1) is 3.39. The summed E-state index contributed by atoms with van der Waals surface area (Å²) in [4.78, 5) is 8.77. The third kappa shape index (κ3) is 1.02. The van der Waals surface area contributed by atoms with Crippen LogP contribution in [0, 0.1) is 0 Å². The fraction of sp³-hybridized carbons (Fsp3) is 0.500. The largest absolute Gasteiger partial charge is 0.343 e. The van der Waals surface area contributed by atoms with Crippen LogP contribution in [0.4, 0.5) is 0 Å². The molecule has 0 saturated heterocycles. The normalized spacial score (nSPS) is 28.4. The van der Waals surface area contributed by atoms with E-state index in [-0.39, 0.29) is 0 Å². The van der Waals surface area contributed by atoms with Crippen LogP contribution < -0.4 is 11.2 Å². The molecule has 1 rings (SSSR count). The molecule has 5 heteroatoms. The van der Waals surface area contributed by atoms with Gasteiger partial charge in [-0.2, -0.15) is 0 Å². The Morgan fingerprint density at radius 2 is 2.71 bits per heavy atom. The molecular weight excluding hydrogens is 98.0 g/mol. The zero-order valence-electron chi connectivity index (χ0n) is 3.50. The fourth-order valence-corrected chi connectivity index (χ4v) is 0.231. The number of hydrogen-bond donors (Lipinski definition) is 2. The Morgan fingerprint density at radius 3 is 3.00 bits per heavy atom. The Kier molecular flexibility index (Phi) is 1.10. The molecule has 40 valence electrons. The van der Waals surface area contributed by atoms with Gasteiger partial charge in [0, 0.05) is 0 Å². The molecule has 0 radical (unpaired) electrons. The van der Waals surface area contributed by atoms with Gasteiger partial charge in [0.1, 0.15) is 0 Å². The van der Waals surface area contributed by atoms with Crippen LogP contribution in [0.2, 0.25) is 0 Å². The first-order valence-electron chi connectivity index (χ1n) is 1.74. The lowest BCUT2D eigenvalue weighted by atomic mass is 11.2. The predicted molar refractivity (Wildman–Crippen MR) is 21.8 cm³/mol. The van der Waals surface area contributed by atoms with Gasteiger partial charge in [-0.15, -0.1) is 0 Å². The molecule has 0 aromatic rings. The van der Waals surface area contributed by atoms with Crippen molar-refractivity contribution in [2.75, 3.05) is 0 Å². The van der Waals surface area contributed by atoms with Crippen molar-refractivity contribution in [3.05, 3.63) is 0 Å². The molecule has 1 atom stereocenters. The minimum Gasteiger partial charge on any atom is -0.343 e. The Bertz CT molecular complexity index is 83.0. The van der Waals surface area contributed by atoms with E-state index in [1.54, 1.807) is 0 Å². The number of nitrogens with zero attached hydrogens (tertiary/aromatic N) is 1. The summed E-state index contributed by atoms with van der Waals surface area (Å²) in [5.74, 6) is 0. The summed E-state index contributed by atoms with van der Waals surface area (Å²) in [6.07, 6.45) is 0.480. The Hall–Kier alpha value is -0.810. The zero-order valence-corrected chi connectivity index (χ0v) is 3.50. The van der Waals surface area contributed by atoms with E-state index in [4.69, 9.17) is 5.73 Å². The second-order valence-electron chi connectivity index (χ2n) is 0.944. The molecule has 0 aromatic carbocycles. The molecular formula is C2H5N3O2. The van der Waals surface area contributed by atoms with Gasteiger partial charge < -0.3 is 4.84 Å². The summed E-state index contributed by atoms with van der Waals surface area (Å²) in [6, 6.07) is 0. The van der Waals surface area contributed by atoms with E-state index in [1.807, 2.05) is 0 Å². The van der Waals surface area contributed by atoms with Crippen molar-refractivity contribution in [2.24, 2.45) is 10.9 Å². The maximum atomic E-state index is 5.01. The first kappa shape index (κ1) is 4.35. The molecule has 0 aliphatic carbocycles. The maximum absolute atomic E-state index is 5.01. The van der Waals surface area contributed by atoms with Crippen LogP contribution in [0.15, 0.2) is 5.16 Å². The quantitative estimate of drug-likeness (QED) is 0.401. The average Bonchev–Trinajstić information content (AvgIpc) is 1.69. The van der Waals surface area contributed by atoms with E-state index in [2.05, 4.69) is 20.3 Å². The van der Waals surface area contributed by atoms with E-state index in [0.29, 0.717) is 0 Å². The molecule has 0 aromatic heterocycles. The summed E-state index contributed by atoms with van der Waals surface area (Å²) in [5.41, 5.74) is 7.31. The van der Waals surface area contributed by atoms with Crippen molar-refractivity contribution in [1.29, 1.82) is 0 Å². The average molecular weight is 103 g/mol. The van der Waals surface area contributed by atoms with Gasteiger partial charge in [0.25, 0.3) is 0 Å². The molecule has 3 N–H and O–H groups in total. The van der Waals surface area contributed by atoms with Gasteiger partial charge in [0.2, 0.25) is 0 Å². The Morgan fingerprint density at radius 1 is 1.86 bits per heavy atom. The highest BCUT2D eigenvalue weighted by atomic mass is 16.8. The fourth-order valence-electron chi connectivity index (χ4n) is 0.231. The highest BCUT2D eigenvalue weighted by molar-refractivity contribution is 5.51. The molecule has 0 spiro atoms. The highest BCUT2D eigenvalue weighted by Crippen LogP contribution is 1.85. The molecule has 0 bridgehead atoms. The Balaban J connectivity index is 2.32. The monoisotopic (exact) mass is 103 g/mol. The molecule has 0 saturated carbocycles. The molecule has 7 heavy (non-hydrogen) atoms. The standard InChI is InChI=1S/C2H5N3O2/c3-2-6-4-1-5-7-2/h1-2H,3H2,(H,4,5). The number of hydroxylamine groups is 1. The molecule has 1 heterocycles. The summed E-state index contributed by atoms with van der Waals surface area (Å²) in [5, 5.41) is 3.27. The number of nitrogens with one attached hydrogen (secondary N) is 1. The lowest BCUT2D eigenvalue weighted by molar-refractivity contribution is -0.175. The number of hydrogen-bond acceptors (Lipinski definition) is 5. The second kappa shape index (κ2) is 1.76. The van der Waals surface area contributed by atoms with Crippen molar-refractivity contribution in [1.82, 2.24) is 5.48 Å². The number of oxime groups is 1. The van der Waals surface area contributed by atoms with Gasteiger partial charge in [-0.05, 0) is 0 Å². The van der Waals surface area contributed by atoms with E-state index in [9.17, 15) is 0 Å². The smallest absolute Gasteiger partial charge is 0.303 e. The van der Waals surface area contributed by atoms with Crippen LogP contribution in [0.1, 0.15) is 0 Å². The summed E-state index contributed by atoms with van der Waals surface area (Å²) in [7, 11) is 0. The summed E-state index contributed by atoms with van der Waals surface area (Å²) < 4.78 is 0. The SMILES string of the molecule is NC1ON=CNO1. The maximum Gasteiger partial charge on any atom is 0.303 e. The van der Waals surface area contributed by atoms with Crippen molar-refractivity contribution in [3.8, 4) is 0 Å². The van der Waals surface area contributed by atoms with Gasteiger partial charge in [0.05, 0.1) is 0 Å². The number of nitrogens with two attached hydrogens (primary N) is 1. The van der Waals surface area contributed by atoms with Crippen LogP contribution >= 0.6 is 0 Å². The lowest BCUT2D eigenvalue weighted by Gasteiger charge is -2.11. The molecule has 0 fully saturated rings. The topological polar surface area (TPSA) is 68.9 Å². The van der Waals surface area contributed by atoms with Gasteiger partial charge in [-0.3, -0.25) is 5.73 Å².